The zero-order valence-electron chi connectivity index (χ0n) is 13.9. The Morgan fingerprint density at radius 3 is 2.65 bits per heavy atom. The van der Waals surface area contributed by atoms with Gasteiger partial charge in [0.05, 0.1) is 22.0 Å². The van der Waals surface area contributed by atoms with E-state index in [-0.39, 0.29) is 22.7 Å². The molecule has 2 N–H and O–H groups in total. The van der Waals surface area contributed by atoms with E-state index in [2.05, 4.69) is 20.0 Å². The van der Waals surface area contributed by atoms with E-state index in [4.69, 9.17) is 0 Å². The molecule has 1 heterocycles. The van der Waals surface area contributed by atoms with Crippen molar-refractivity contribution in [2.24, 2.45) is 0 Å². The minimum Gasteiger partial charge on any atom is -0.435 e. The number of anilines is 1. The highest BCUT2D eigenvalue weighted by Gasteiger charge is 2.13. The summed E-state index contributed by atoms with van der Waals surface area (Å²) < 4.78 is 28.5. The molecule has 136 valence electrons. The molecule has 2 aromatic carbocycles. The molecule has 0 fully saturated rings. The molecule has 3 aromatic rings. The predicted octanol–water partition coefficient (Wildman–Crippen LogP) is 4.60. The summed E-state index contributed by atoms with van der Waals surface area (Å²) in [7, 11) is 0. The maximum absolute atomic E-state index is 12.1. The van der Waals surface area contributed by atoms with Crippen molar-refractivity contribution < 1.29 is 18.3 Å². The number of para-hydroxylation sites is 2. The molecule has 1 amide bonds. The highest BCUT2D eigenvalue weighted by Crippen LogP contribution is 2.28. The lowest BCUT2D eigenvalue weighted by Gasteiger charge is -2.10. The highest BCUT2D eigenvalue weighted by atomic mass is 32.2. The van der Waals surface area contributed by atoms with Crippen LogP contribution in [0.1, 0.15) is 18.0 Å². The van der Waals surface area contributed by atoms with Crippen LogP contribution in [0.4, 0.5) is 14.5 Å². The molecule has 0 aliphatic rings. The average molecular weight is 377 g/mol. The molecule has 0 radical (unpaired) electrons. The van der Waals surface area contributed by atoms with Crippen LogP contribution in [0.2, 0.25) is 0 Å². The number of imidazole rings is 1. The van der Waals surface area contributed by atoms with Gasteiger partial charge in [0.1, 0.15) is 11.6 Å². The van der Waals surface area contributed by atoms with Crippen molar-refractivity contribution in [3.63, 3.8) is 0 Å². The minimum atomic E-state index is -2.87. The number of benzene rings is 2. The van der Waals surface area contributed by atoms with Crippen LogP contribution in [0.5, 0.6) is 5.75 Å². The lowest BCUT2D eigenvalue weighted by atomic mass is 10.3. The molecule has 0 aliphatic heterocycles. The smallest absolute Gasteiger partial charge is 0.387 e. The largest absolute Gasteiger partial charge is 0.435 e. The number of H-pyrrole nitrogens is 1. The standard InChI is InChI=1S/C18H17F2N3O2S/c1-11(17-22-14-4-2-3-5-15(14)23-17)26-10-16(24)21-12-6-8-13(9-7-12)25-18(19)20/h2-9,11,18H,10H2,1H3,(H,21,24)(H,22,23). The van der Waals surface area contributed by atoms with Crippen molar-refractivity contribution in [1.82, 2.24) is 9.97 Å². The van der Waals surface area contributed by atoms with Gasteiger partial charge in [-0.15, -0.1) is 11.8 Å². The monoisotopic (exact) mass is 377 g/mol. The van der Waals surface area contributed by atoms with Gasteiger partial charge in [-0.25, -0.2) is 4.98 Å². The van der Waals surface area contributed by atoms with Gasteiger partial charge in [0.15, 0.2) is 0 Å². The maximum atomic E-state index is 12.1. The third-order valence-corrected chi connectivity index (χ3v) is 4.77. The van der Waals surface area contributed by atoms with Crippen molar-refractivity contribution in [3.8, 4) is 5.75 Å². The molecule has 1 unspecified atom stereocenters. The topological polar surface area (TPSA) is 67.0 Å². The number of hydrogen-bond acceptors (Lipinski definition) is 4. The van der Waals surface area contributed by atoms with Gasteiger partial charge in [-0.05, 0) is 43.3 Å². The fourth-order valence-corrected chi connectivity index (χ4v) is 3.10. The Labute approximate surface area is 153 Å². The summed E-state index contributed by atoms with van der Waals surface area (Å²) in [5.41, 5.74) is 2.38. The van der Waals surface area contributed by atoms with Crippen molar-refractivity contribution in [1.29, 1.82) is 0 Å². The van der Waals surface area contributed by atoms with Gasteiger partial charge >= 0.3 is 6.61 Å². The summed E-state index contributed by atoms with van der Waals surface area (Å²) >= 11 is 1.45. The fraction of sp³-hybridized carbons (Fsp3) is 0.222. The Morgan fingerprint density at radius 2 is 1.96 bits per heavy atom. The highest BCUT2D eigenvalue weighted by molar-refractivity contribution is 8.00. The van der Waals surface area contributed by atoms with E-state index in [9.17, 15) is 13.6 Å². The van der Waals surface area contributed by atoms with Crippen LogP contribution in [0.25, 0.3) is 11.0 Å². The van der Waals surface area contributed by atoms with E-state index < -0.39 is 6.61 Å². The summed E-state index contributed by atoms with van der Waals surface area (Å²) in [6.07, 6.45) is 0. The van der Waals surface area contributed by atoms with E-state index in [0.717, 1.165) is 16.9 Å². The number of ether oxygens (including phenoxy) is 1. The zero-order valence-corrected chi connectivity index (χ0v) is 14.7. The second-order valence-electron chi connectivity index (χ2n) is 5.54. The summed E-state index contributed by atoms with van der Waals surface area (Å²) in [6.45, 7) is -0.891. The van der Waals surface area contributed by atoms with Crippen LogP contribution in [-0.2, 0) is 4.79 Å². The van der Waals surface area contributed by atoms with Crippen molar-refractivity contribution in [2.45, 2.75) is 18.8 Å². The van der Waals surface area contributed by atoms with Crippen LogP contribution in [0, 0.1) is 0 Å². The first-order chi connectivity index (χ1) is 12.5. The molecule has 1 aromatic heterocycles. The fourth-order valence-electron chi connectivity index (χ4n) is 2.36. The number of amides is 1. The lowest BCUT2D eigenvalue weighted by molar-refractivity contribution is -0.113. The first-order valence-electron chi connectivity index (χ1n) is 7.92. The number of rotatable bonds is 7. The number of alkyl halides is 2. The van der Waals surface area contributed by atoms with Gasteiger partial charge in [0.25, 0.3) is 0 Å². The van der Waals surface area contributed by atoms with Crippen LogP contribution >= 0.6 is 11.8 Å². The Bertz CT molecular complexity index is 851. The number of carbonyl (C=O) groups excluding carboxylic acids is 1. The molecule has 0 saturated carbocycles. The number of carbonyl (C=O) groups is 1. The van der Waals surface area contributed by atoms with Gasteiger partial charge in [0, 0.05) is 5.69 Å². The van der Waals surface area contributed by atoms with E-state index in [1.54, 1.807) is 0 Å². The predicted molar refractivity (Wildman–Crippen MR) is 98.7 cm³/mol. The first kappa shape index (κ1) is 18.2. The molecule has 8 heteroatoms. The number of thioether (sulfide) groups is 1. The molecule has 5 nitrogen and oxygen atoms in total. The SMILES string of the molecule is CC(SCC(=O)Nc1ccc(OC(F)F)cc1)c1nc2ccccc2[nH]1. The molecule has 3 rings (SSSR count). The summed E-state index contributed by atoms with van der Waals surface area (Å²) in [5.74, 6) is 0.928. The van der Waals surface area contributed by atoms with Crippen molar-refractivity contribution in [3.05, 3.63) is 54.4 Å². The maximum Gasteiger partial charge on any atom is 0.387 e. The molecule has 26 heavy (non-hydrogen) atoms. The average Bonchev–Trinajstić information content (AvgIpc) is 3.05. The normalized spacial score (nSPS) is 12.3. The molecule has 0 aliphatic carbocycles. The van der Waals surface area contributed by atoms with E-state index in [1.165, 1.54) is 36.0 Å². The van der Waals surface area contributed by atoms with Crippen LogP contribution < -0.4 is 10.1 Å². The molecular weight excluding hydrogens is 360 g/mol. The first-order valence-corrected chi connectivity index (χ1v) is 8.97. The lowest BCUT2D eigenvalue weighted by Crippen LogP contribution is -2.14. The zero-order chi connectivity index (χ0) is 18.5. The second kappa shape index (κ2) is 8.18. The van der Waals surface area contributed by atoms with Gasteiger partial charge in [-0.2, -0.15) is 8.78 Å². The van der Waals surface area contributed by atoms with Crippen molar-refractivity contribution in [2.75, 3.05) is 11.1 Å². The van der Waals surface area contributed by atoms with Gasteiger partial charge in [0.2, 0.25) is 5.91 Å². The Morgan fingerprint density at radius 1 is 1.23 bits per heavy atom. The number of fused-ring (bicyclic) bond motifs is 1. The molecule has 1 atom stereocenters. The second-order valence-corrected chi connectivity index (χ2v) is 6.87. The van der Waals surface area contributed by atoms with Crippen molar-refractivity contribution >= 4 is 34.4 Å². The minimum absolute atomic E-state index is 0.0231. The van der Waals surface area contributed by atoms with E-state index in [0.29, 0.717) is 5.69 Å². The number of nitrogens with one attached hydrogen (secondary N) is 2. The third kappa shape index (κ3) is 4.72. The van der Waals surface area contributed by atoms with Crippen LogP contribution in [0.15, 0.2) is 48.5 Å². The number of hydrogen-bond donors (Lipinski definition) is 2. The number of aromatic nitrogens is 2. The molecule has 0 spiro atoms. The third-order valence-electron chi connectivity index (χ3n) is 3.62. The summed E-state index contributed by atoms with van der Waals surface area (Å²) in [4.78, 5) is 19.8. The summed E-state index contributed by atoms with van der Waals surface area (Å²) in [6, 6.07) is 13.5. The molecule has 0 bridgehead atoms. The van der Waals surface area contributed by atoms with Gasteiger partial charge in [-0.3, -0.25) is 4.79 Å². The Balaban J connectivity index is 1.51. The van der Waals surface area contributed by atoms with E-state index >= 15 is 0 Å². The van der Waals surface area contributed by atoms with E-state index in [1.807, 2.05) is 31.2 Å². The molecular formula is C18H17F2N3O2S. The summed E-state index contributed by atoms with van der Waals surface area (Å²) in [5, 5.41) is 2.75. The number of nitrogens with zero attached hydrogens (tertiary/aromatic N) is 1. The quantitative estimate of drug-likeness (QED) is 0.632. The number of halogens is 2. The van der Waals surface area contributed by atoms with Gasteiger partial charge < -0.3 is 15.0 Å². The number of aromatic amines is 1. The van der Waals surface area contributed by atoms with Crippen LogP contribution in [0.3, 0.4) is 0 Å². The molecule has 0 saturated heterocycles. The van der Waals surface area contributed by atoms with Crippen LogP contribution in [-0.4, -0.2) is 28.2 Å². The Kier molecular flexibility index (Phi) is 5.72. The Hall–Kier alpha value is -2.61. The van der Waals surface area contributed by atoms with Gasteiger partial charge in [-0.1, -0.05) is 12.1 Å².